The Bertz CT molecular complexity index is 444. The van der Waals surface area contributed by atoms with Gasteiger partial charge in [-0.15, -0.1) is 0 Å². The van der Waals surface area contributed by atoms with Crippen molar-refractivity contribution in [2.75, 3.05) is 6.61 Å². The van der Waals surface area contributed by atoms with Gasteiger partial charge >= 0.3 is 0 Å². The van der Waals surface area contributed by atoms with Crippen LogP contribution in [-0.4, -0.2) is 17.8 Å². The Morgan fingerprint density at radius 3 is 2.67 bits per heavy atom. The minimum Gasteiger partial charge on any atom is -0.384 e. The van der Waals surface area contributed by atoms with Gasteiger partial charge in [0.05, 0.1) is 12.7 Å². The second-order valence-electron chi connectivity index (χ2n) is 4.52. The Hall–Kier alpha value is -1.37. The van der Waals surface area contributed by atoms with E-state index in [2.05, 4.69) is 25.7 Å². The minimum atomic E-state index is -0.335. The maximum absolute atomic E-state index is 13.1. The lowest BCUT2D eigenvalue weighted by Crippen LogP contribution is -2.15. The molecule has 0 aromatic heterocycles. The fourth-order valence-electron chi connectivity index (χ4n) is 1.34. The molecule has 0 aliphatic carbocycles. The molecule has 0 aliphatic rings. The summed E-state index contributed by atoms with van der Waals surface area (Å²) in [5.41, 5.74) is 1.41. The van der Waals surface area contributed by atoms with Crippen molar-refractivity contribution in [2.45, 2.75) is 33.5 Å². The monoisotopic (exact) mass is 250 g/mol. The third-order valence-corrected chi connectivity index (χ3v) is 2.81. The first-order valence-corrected chi connectivity index (χ1v) is 6.04. The molecule has 0 saturated carbocycles. The van der Waals surface area contributed by atoms with Crippen molar-refractivity contribution >= 4 is 0 Å². The van der Waals surface area contributed by atoms with E-state index in [4.69, 9.17) is 9.84 Å². The Balaban J connectivity index is 2.81. The first-order valence-electron chi connectivity index (χ1n) is 6.04. The van der Waals surface area contributed by atoms with Crippen LogP contribution in [0.3, 0.4) is 0 Å². The predicted molar refractivity (Wildman–Crippen MR) is 69.5 cm³/mol. The molecule has 0 aliphatic heterocycles. The Kier molecular flexibility index (Phi) is 5.84. The van der Waals surface area contributed by atoms with Crippen LogP contribution in [0.4, 0.5) is 4.39 Å². The number of hydrogen-bond donors (Lipinski definition) is 1. The van der Waals surface area contributed by atoms with E-state index in [-0.39, 0.29) is 18.5 Å². The van der Waals surface area contributed by atoms with Gasteiger partial charge in [0.15, 0.2) is 0 Å². The number of ether oxygens (including phenoxy) is 1. The van der Waals surface area contributed by atoms with Crippen molar-refractivity contribution in [3.63, 3.8) is 0 Å². The molecule has 1 rings (SSSR count). The molecule has 0 radical (unpaired) electrons. The van der Waals surface area contributed by atoms with E-state index < -0.39 is 0 Å². The van der Waals surface area contributed by atoms with E-state index in [0.29, 0.717) is 18.1 Å². The minimum absolute atomic E-state index is 0.133. The molecule has 3 heteroatoms. The van der Waals surface area contributed by atoms with Crippen molar-refractivity contribution in [1.82, 2.24) is 0 Å². The maximum atomic E-state index is 13.1. The number of aliphatic hydroxyl groups is 1. The molecular formula is C15H19FO2. The van der Waals surface area contributed by atoms with Crippen LogP contribution in [0.5, 0.6) is 0 Å². The van der Waals surface area contributed by atoms with Crippen LogP contribution in [0.25, 0.3) is 0 Å². The van der Waals surface area contributed by atoms with E-state index >= 15 is 0 Å². The van der Waals surface area contributed by atoms with Crippen molar-refractivity contribution in [2.24, 2.45) is 5.92 Å². The molecular weight excluding hydrogens is 231 g/mol. The molecule has 1 aromatic carbocycles. The fraction of sp³-hybridized carbons (Fsp3) is 0.467. The summed E-state index contributed by atoms with van der Waals surface area (Å²) in [6.45, 7) is 6.34. The second kappa shape index (κ2) is 7.15. The molecule has 1 unspecified atom stereocenters. The highest BCUT2D eigenvalue weighted by atomic mass is 19.1. The molecule has 0 amide bonds. The van der Waals surface area contributed by atoms with Gasteiger partial charge in [0.25, 0.3) is 0 Å². The standard InChI is InChI=1S/C15H19FO2/c1-11(2)12(3)18-10-14-6-7-15(16)9-13(14)5-4-8-17/h6-7,9,11-12,17H,8,10H2,1-3H3. The lowest BCUT2D eigenvalue weighted by Gasteiger charge is -2.17. The SMILES string of the molecule is CC(C)C(C)OCc1ccc(F)cc1C#CCO. The van der Waals surface area contributed by atoms with Gasteiger partial charge in [-0.05, 0) is 30.5 Å². The number of hydrogen-bond acceptors (Lipinski definition) is 2. The highest BCUT2D eigenvalue weighted by Gasteiger charge is 2.09. The summed E-state index contributed by atoms with van der Waals surface area (Å²) in [6, 6.07) is 4.42. The zero-order valence-corrected chi connectivity index (χ0v) is 11.0. The van der Waals surface area contributed by atoms with Crippen molar-refractivity contribution in [3.8, 4) is 11.8 Å². The van der Waals surface area contributed by atoms with Gasteiger partial charge in [-0.25, -0.2) is 4.39 Å². The Morgan fingerprint density at radius 1 is 1.33 bits per heavy atom. The zero-order valence-electron chi connectivity index (χ0n) is 11.0. The number of aliphatic hydroxyl groups excluding tert-OH is 1. The first kappa shape index (κ1) is 14.7. The summed E-state index contributed by atoms with van der Waals surface area (Å²) < 4.78 is 18.8. The summed E-state index contributed by atoms with van der Waals surface area (Å²) in [6.07, 6.45) is 0.133. The normalized spacial score (nSPS) is 12.1. The van der Waals surface area contributed by atoms with Crippen LogP contribution in [-0.2, 0) is 11.3 Å². The highest BCUT2D eigenvalue weighted by molar-refractivity contribution is 5.41. The summed E-state index contributed by atoms with van der Waals surface area (Å²) >= 11 is 0. The molecule has 1 aromatic rings. The lowest BCUT2D eigenvalue weighted by atomic mass is 10.1. The molecule has 1 N–H and O–H groups in total. The number of rotatable bonds is 4. The summed E-state index contributed by atoms with van der Waals surface area (Å²) in [4.78, 5) is 0. The maximum Gasteiger partial charge on any atom is 0.124 e. The van der Waals surface area contributed by atoms with Crippen molar-refractivity contribution < 1.29 is 14.2 Å². The largest absolute Gasteiger partial charge is 0.384 e. The van der Waals surface area contributed by atoms with E-state index in [0.717, 1.165) is 5.56 Å². The van der Waals surface area contributed by atoms with Gasteiger partial charge in [-0.2, -0.15) is 0 Å². The predicted octanol–water partition coefficient (Wildman–Crippen LogP) is 2.73. The van der Waals surface area contributed by atoms with Crippen LogP contribution in [0.2, 0.25) is 0 Å². The zero-order chi connectivity index (χ0) is 13.5. The van der Waals surface area contributed by atoms with Gasteiger partial charge in [0, 0.05) is 5.56 Å². The quantitative estimate of drug-likeness (QED) is 0.833. The van der Waals surface area contributed by atoms with Crippen LogP contribution in [0.1, 0.15) is 31.9 Å². The molecule has 1 atom stereocenters. The smallest absolute Gasteiger partial charge is 0.124 e. The van der Waals surface area contributed by atoms with Crippen LogP contribution in [0.15, 0.2) is 18.2 Å². The van der Waals surface area contributed by atoms with E-state index in [1.807, 2.05) is 6.92 Å². The fourth-order valence-corrected chi connectivity index (χ4v) is 1.34. The van der Waals surface area contributed by atoms with Crippen molar-refractivity contribution in [3.05, 3.63) is 35.1 Å². The van der Waals surface area contributed by atoms with Gasteiger partial charge < -0.3 is 9.84 Å². The van der Waals surface area contributed by atoms with Crippen LogP contribution < -0.4 is 0 Å². The lowest BCUT2D eigenvalue weighted by molar-refractivity contribution is 0.0234. The molecule has 0 bridgehead atoms. The summed E-state index contributed by atoms with van der Waals surface area (Å²) in [5.74, 6) is 5.36. The molecule has 0 saturated heterocycles. The number of halogens is 1. The topological polar surface area (TPSA) is 29.5 Å². The summed E-state index contributed by atoms with van der Waals surface area (Å²) in [7, 11) is 0. The van der Waals surface area contributed by atoms with Crippen molar-refractivity contribution in [1.29, 1.82) is 0 Å². The molecule has 0 fully saturated rings. The Labute approximate surface area is 108 Å². The first-order chi connectivity index (χ1) is 8.54. The van der Waals surface area contributed by atoms with Crippen LogP contribution >= 0.6 is 0 Å². The molecule has 2 nitrogen and oxygen atoms in total. The molecule has 18 heavy (non-hydrogen) atoms. The second-order valence-corrected chi connectivity index (χ2v) is 4.52. The highest BCUT2D eigenvalue weighted by Crippen LogP contribution is 2.14. The van der Waals surface area contributed by atoms with E-state index in [1.54, 1.807) is 6.07 Å². The van der Waals surface area contributed by atoms with Gasteiger partial charge in [-0.1, -0.05) is 31.8 Å². The molecule has 98 valence electrons. The van der Waals surface area contributed by atoms with Crippen LogP contribution in [0, 0.1) is 23.6 Å². The number of benzene rings is 1. The van der Waals surface area contributed by atoms with Gasteiger partial charge in [-0.3, -0.25) is 0 Å². The third-order valence-electron chi connectivity index (χ3n) is 2.81. The average Bonchev–Trinajstić information content (AvgIpc) is 2.34. The van der Waals surface area contributed by atoms with E-state index in [9.17, 15) is 4.39 Å². The average molecular weight is 250 g/mol. The van der Waals surface area contributed by atoms with Gasteiger partial charge in [0.2, 0.25) is 0 Å². The van der Waals surface area contributed by atoms with E-state index in [1.165, 1.54) is 12.1 Å². The van der Waals surface area contributed by atoms with Gasteiger partial charge in [0.1, 0.15) is 12.4 Å². The Morgan fingerprint density at radius 2 is 2.06 bits per heavy atom. The molecule has 0 spiro atoms. The summed E-state index contributed by atoms with van der Waals surface area (Å²) in [5, 5.41) is 8.68. The molecule has 0 heterocycles. The third kappa shape index (κ3) is 4.48.